The molecule has 0 aliphatic carbocycles. The van der Waals surface area contributed by atoms with E-state index in [0.717, 1.165) is 20.9 Å². The van der Waals surface area contributed by atoms with Gasteiger partial charge in [0.05, 0.1) is 0 Å². The summed E-state index contributed by atoms with van der Waals surface area (Å²) in [6.07, 6.45) is 0. The molecule has 0 unspecified atom stereocenters. The van der Waals surface area contributed by atoms with Gasteiger partial charge >= 0.3 is 19.5 Å². The third kappa shape index (κ3) is 7.21. The van der Waals surface area contributed by atoms with Gasteiger partial charge in [-0.1, -0.05) is 23.3 Å². The molecular weight excluding hydrogens is 309 g/mol. The number of benzene rings is 1. The molecule has 15 heavy (non-hydrogen) atoms. The first-order valence-electron chi connectivity index (χ1n) is 3.07. The Morgan fingerprint density at radius 3 is 1.13 bits per heavy atom. The van der Waals surface area contributed by atoms with Crippen molar-refractivity contribution in [3.05, 3.63) is 53.0 Å². The van der Waals surface area contributed by atoms with Gasteiger partial charge in [0.1, 0.15) is 0 Å². The van der Waals surface area contributed by atoms with Crippen LogP contribution >= 0.6 is 0 Å². The van der Waals surface area contributed by atoms with Crippen molar-refractivity contribution >= 4 is 25.3 Å². The maximum Gasteiger partial charge on any atom is 6.00 e. The van der Waals surface area contributed by atoms with Crippen molar-refractivity contribution < 1.29 is 19.5 Å². The summed E-state index contributed by atoms with van der Waals surface area (Å²) in [6.45, 7) is 3.97. The maximum atomic E-state index is 5.08. The molecule has 0 aromatic heterocycles. The first kappa shape index (κ1) is 29.5. The van der Waals surface area contributed by atoms with Crippen molar-refractivity contribution in [2.45, 2.75) is 23.6 Å². The Morgan fingerprint density at radius 1 is 0.733 bits per heavy atom. The molecule has 0 atom stereocenters. The van der Waals surface area contributed by atoms with Gasteiger partial charge in [-0.15, -0.1) is 0 Å². The van der Waals surface area contributed by atoms with E-state index in [1.54, 1.807) is 0 Å². The molecule has 0 N–H and O–H groups in total. The normalized spacial score (nSPS) is 6.53. The summed E-state index contributed by atoms with van der Waals surface area (Å²) in [5, 5.41) is 0. The molecule has 1 aromatic carbocycles. The maximum absolute atomic E-state index is 5.08. The first-order chi connectivity index (χ1) is 4.63. The predicted molar refractivity (Wildman–Crippen MR) is 72.8 cm³/mol. The summed E-state index contributed by atoms with van der Waals surface area (Å²) in [5.74, 6) is 0. The average molecular weight is 329 g/mol. The van der Waals surface area contributed by atoms with E-state index in [2.05, 4.69) is 0 Å². The predicted octanol–water partition coefficient (Wildman–Crippen LogP) is 3.91. The fraction of sp³-hybridized carbons (Fsp3) is 0.167. The number of rotatable bonds is 0. The Bertz CT molecular complexity index is 233. The molecule has 3 heteroatoms. The molecule has 0 spiro atoms. The summed E-state index contributed by atoms with van der Waals surface area (Å²) in [6, 6.07) is 4.01. The van der Waals surface area contributed by atoms with E-state index in [1.807, 2.05) is 26.0 Å². The molecule has 0 saturated carbocycles. The summed E-state index contributed by atoms with van der Waals surface area (Å²) in [5.41, 5.74) is 2.20. The minimum absolute atomic E-state index is 0. The third-order valence-electron chi connectivity index (χ3n) is 1.51. The molecule has 1 rings (SSSR count). The van der Waals surface area contributed by atoms with E-state index < -0.39 is 0 Å². The second kappa shape index (κ2) is 12.4. The van der Waals surface area contributed by atoms with Gasteiger partial charge in [-0.2, -0.15) is 9.79 Å². The van der Waals surface area contributed by atoms with Crippen LogP contribution in [0, 0.1) is 43.6 Å². The summed E-state index contributed by atoms with van der Waals surface area (Å²) >= 11 is 10.2. The number of hydrogen-bond donors (Lipinski definition) is 0. The van der Waals surface area contributed by atoms with Gasteiger partial charge in [-0.25, -0.2) is 0 Å². The van der Waals surface area contributed by atoms with Gasteiger partial charge in [0.15, 0.2) is 0 Å². The van der Waals surface area contributed by atoms with Crippen LogP contribution in [0.5, 0.6) is 0 Å². The van der Waals surface area contributed by atoms with Gasteiger partial charge in [0.2, 0.25) is 0 Å². The van der Waals surface area contributed by atoms with Crippen molar-refractivity contribution in [2.75, 3.05) is 0 Å². The number of aryl methyl sites for hydroxylation is 2. The Kier molecular flexibility index (Phi) is 24.3. The molecule has 0 aliphatic heterocycles. The van der Waals surface area contributed by atoms with Crippen molar-refractivity contribution in [2.24, 2.45) is 0 Å². The summed E-state index contributed by atoms with van der Waals surface area (Å²) in [4.78, 5) is 1.66. The average Bonchev–Trinajstić information content (AvgIpc) is 1.93. The molecule has 1 aromatic rings. The van der Waals surface area contributed by atoms with Crippen LogP contribution in [0.2, 0.25) is 0 Å². The van der Waals surface area contributed by atoms with Crippen LogP contribution in [0.25, 0.3) is 0 Å². The minimum atomic E-state index is 0. The van der Waals surface area contributed by atoms with Gasteiger partial charge in [0, 0.05) is 0 Å². The first-order valence-corrected chi connectivity index (χ1v) is 3.89. The molecule has 0 aliphatic rings. The molecule has 0 saturated heterocycles. The fourth-order valence-corrected chi connectivity index (χ4v) is 1.22. The topological polar surface area (TPSA) is 0 Å². The van der Waals surface area contributed by atoms with E-state index in [0.29, 0.717) is 0 Å². The Morgan fingerprint density at radius 2 is 0.933 bits per heavy atom. The zero-order valence-corrected chi connectivity index (χ0v) is 13.7. The van der Waals surface area contributed by atoms with Crippen LogP contribution in [0.4, 0.5) is 0 Å². The van der Waals surface area contributed by atoms with Crippen LogP contribution in [0.1, 0.15) is 11.1 Å². The van der Waals surface area contributed by atoms with Gasteiger partial charge in [0.25, 0.3) is 0 Å². The zero-order chi connectivity index (χ0) is 7.72. The smallest absolute Gasteiger partial charge is 0.781 e. The molecule has 0 amide bonds. The minimum Gasteiger partial charge on any atom is -0.781 e. The van der Waals surface area contributed by atoms with Gasteiger partial charge in [-0.3, -0.25) is 0 Å². The van der Waals surface area contributed by atoms with Crippen LogP contribution in [-0.2, 0) is 44.7 Å². The molecule has 88 valence electrons. The van der Waals surface area contributed by atoms with Crippen molar-refractivity contribution in [3.63, 3.8) is 0 Å². The zero-order valence-electron chi connectivity index (χ0n) is 10.3. The largest absolute Gasteiger partial charge is 6.00 e. The standard InChI is InChI=1S/C8H10S2.4CH3.Ru/c1-5-3-4-6(2)8(10)7(5)9;;;;;/h3-4,9-10H,1-2H3;4*1H3;/q;4*-1;+6/p-2. The second-order valence-corrected chi connectivity index (χ2v) is 3.17. The molecule has 0 heterocycles. The quantitative estimate of drug-likeness (QED) is 0.402. The van der Waals surface area contributed by atoms with Gasteiger partial charge in [-0.05, 0) is 13.8 Å². The SMILES string of the molecule is Cc1ccc(C)c([S-])c1[S-].[CH3-].[CH3-].[CH3-].[CH3-].[Ru+6]. The second-order valence-electron chi connectivity index (χ2n) is 2.36. The van der Waals surface area contributed by atoms with Crippen LogP contribution < -0.4 is 0 Å². The van der Waals surface area contributed by atoms with E-state index in [1.165, 1.54) is 0 Å². The molecular formula is C12H20RuS2. The molecule has 0 radical (unpaired) electrons. The van der Waals surface area contributed by atoms with Crippen LogP contribution in [0.3, 0.4) is 0 Å². The molecule has 0 bridgehead atoms. The van der Waals surface area contributed by atoms with Crippen LogP contribution in [-0.4, -0.2) is 0 Å². The Labute approximate surface area is 121 Å². The summed E-state index contributed by atoms with van der Waals surface area (Å²) in [7, 11) is 0. The van der Waals surface area contributed by atoms with Crippen LogP contribution in [0.15, 0.2) is 21.9 Å². The fourth-order valence-electron chi connectivity index (χ4n) is 0.760. The Balaban J connectivity index is -0.0000000667. The molecule has 0 fully saturated rings. The number of hydrogen-bond acceptors (Lipinski definition) is 2. The van der Waals surface area contributed by atoms with E-state index in [-0.39, 0.29) is 49.2 Å². The van der Waals surface area contributed by atoms with Gasteiger partial charge < -0.3 is 55.0 Å². The Hall–Kier alpha value is 0.283. The summed E-state index contributed by atoms with van der Waals surface area (Å²) < 4.78 is 0. The molecule has 0 nitrogen and oxygen atoms in total. The van der Waals surface area contributed by atoms with Crippen molar-refractivity contribution in [1.82, 2.24) is 0 Å². The van der Waals surface area contributed by atoms with Crippen molar-refractivity contribution in [1.29, 1.82) is 0 Å². The van der Waals surface area contributed by atoms with E-state index >= 15 is 0 Å². The monoisotopic (exact) mass is 330 g/mol. The third-order valence-corrected chi connectivity index (χ3v) is 2.69. The van der Waals surface area contributed by atoms with E-state index in [4.69, 9.17) is 25.3 Å². The van der Waals surface area contributed by atoms with E-state index in [9.17, 15) is 0 Å². The van der Waals surface area contributed by atoms with Crippen molar-refractivity contribution in [3.8, 4) is 0 Å².